The standard InChI is InChI=1S/C24H27N7O4S/c1-14(32)23(33)30-5-2-15(3-6-30)4-7-31-13-27-21(26)20-22(31)29-24(28-20)36-19-11-18-17(10-16(19)12-25)34-8-9-35-18/h10-11,13-15,26,32H,2-9H2,1H3,(H,28,29)/t14-/m0/s1. The third kappa shape index (κ3) is 4.89. The van der Waals surface area contributed by atoms with E-state index in [0.29, 0.717) is 77.0 Å². The van der Waals surface area contributed by atoms with Crippen molar-refractivity contribution >= 4 is 28.8 Å². The first kappa shape index (κ1) is 24.1. The highest BCUT2D eigenvalue weighted by atomic mass is 32.2. The van der Waals surface area contributed by atoms with Crippen molar-refractivity contribution in [2.45, 2.75) is 48.9 Å². The predicted molar refractivity (Wildman–Crippen MR) is 130 cm³/mol. The van der Waals surface area contributed by atoms with Gasteiger partial charge < -0.3 is 29.0 Å². The summed E-state index contributed by atoms with van der Waals surface area (Å²) in [6.07, 6.45) is 3.34. The molecule has 0 unspecified atom stereocenters. The lowest BCUT2D eigenvalue weighted by atomic mass is 9.93. The Hall–Kier alpha value is -3.56. The molecule has 1 fully saturated rings. The monoisotopic (exact) mass is 509 g/mol. The Morgan fingerprint density at radius 1 is 1.33 bits per heavy atom. The second-order valence-corrected chi connectivity index (χ2v) is 10.00. The average molecular weight is 510 g/mol. The lowest BCUT2D eigenvalue weighted by Crippen LogP contribution is -2.43. The number of aromatic nitrogens is 4. The molecule has 36 heavy (non-hydrogen) atoms. The summed E-state index contributed by atoms with van der Waals surface area (Å²) in [5, 5.41) is 27.9. The van der Waals surface area contributed by atoms with E-state index >= 15 is 0 Å². The number of nitriles is 1. The fraction of sp³-hybridized carbons (Fsp3) is 0.458. The maximum atomic E-state index is 12.0. The maximum Gasteiger partial charge on any atom is 0.251 e. The number of hydrogen-bond acceptors (Lipinski definition) is 9. The van der Waals surface area contributed by atoms with Gasteiger partial charge in [0.2, 0.25) is 0 Å². The zero-order valence-electron chi connectivity index (χ0n) is 19.9. The zero-order valence-corrected chi connectivity index (χ0v) is 20.7. The number of H-pyrrole nitrogens is 1. The smallest absolute Gasteiger partial charge is 0.251 e. The van der Waals surface area contributed by atoms with Crippen LogP contribution in [0.4, 0.5) is 0 Å². The number of amides is 1. The average Bonchev–Trinajstić information content (AvgIpc) is 3.32. The first-order chi connectivity index (χ1) is 17.4. The number of ether oxygens (including phenoxy) is 2. The minimum absolute atomic E-state index is 0.105. The van der Waals surface area contributed by atoms with E-state index < -0.39 is 6.10 Å². The van der Waals surface area contributed by atoms with Crippen molar-refractivity contribution < 1.29 is 19.4 Å². The summed E-state index contributed by atoms with van der Waals surface area (Å²) in [5.41, 5.74) is 1.74. The number of benzene rings is 1. The minimum atomic E-state index is -0.960. The van der Waals surface area contributed by atoms with Gasteiger partial charge in [-0.15, -0.1) is 0 Å². The first-order valence-corrected chi connectivity index (χ1v) is 12.7. The second-order valence-electron chi connectivity index (χ2n) is 8.97. The summed E-state index contributed by atoms with van der Waals surface area (Å²) < 4.78 is 13.2. The van der Waals surface area contributed by atoms with Crippen LogP contribution in [0.1, 0.15) is 31.7 Å². The van der Waals surface area contributed by atoms with Gasteiger partial charge in [-0.05, 0) is 38.2 Å². The molecule has 0 radical (unpaired) electrons. The maximum absolute atomic E-state index is 12.0. The van der Waals surface area contributed by atoms with E-state index in [9.17, 15) is 15.2 Å². The number of carbonyl (C=O) groups excluding carboxylic acids is 1. The number of aliphatic hydroxyl groups is 1. The third-order valence-electron chi connectivity index (χ3n) is 6.53. The molecule has 2 aliphatic heterocycles. The van der Waals surface area contributed by atoms with E-state index in [4.69, 9.17) is 19.9 Å². The summed E-state index contributed by atoms with van der Waals surface area (Å²) >= 11 is 1.30. The van der Waals surface area contributed by atoms with Crippen molar-refractivity contribution in [1.82, 2.24) is 24.4 Å². The summed E-state index contributed by atoms with van der Waals surface area (Å²) in [6, 6.07) is 5.67. The van der Waals surface area contributed by atoms with E-state index in [1.54, 1.807) is 23.4 Å². The van der Waals surface area contributed by atoms with E-state index in [1.165, 1.54) is 18.7 Å². The van der Waals surface area contributed by atoms with Crippen LogP contribution >= 0.6 is 11.8 Å². The highest BCUT2D eigenvalue weighted by Gasteiger charge is 2.25. The Kier molecular flexibility index (Phi) is 6.84. The number of carbonyl (C=O) groups is 1. The fourth-order valence-corrected chi connectivity index (χ4v) is 5.42. The van der Waals surface area contributed by atoms with Gasteiger partial charge >= 0.3 is 0 Å². The van der Waals surface area contributed by atoms with Crippen molar-refractivity contribution in [3.05, 3.63) is 29.5 Å². The van der Waals surface area contributed by atoms with E-state index in [-0.39, 0.29) is 11.4 Å². The van der Waals surface area contributed by atoms with Crippen LogP contribution in [0.2, 0.25) is 0 Å². The molecule has 3 N–H and O–H groups in total. The lowest BCUT2D eigenvalue weighted by molar-refractivity contribution is -0.140. The van der Waals surface area contributed by atoms with E-state index in [0.717, 1.165) is 19.3 Å². The number of fused-ring (bicyclic) bond motifs is 2. The number of aromatic amines is 1. The molecule has 0 spiro atoms. The number of aliphatic hydroxyl groups excluding tert-OH is 1. The normalized spacial score (nSPS) is 16.6. The van der Waals surface area contributed by atoms with Crippen LogP contribution < -0.4 is 15.0 Å². The molecule has 188 valence electrons. The molecule has 12 heteroatoms. The van der Waals surface area contributed by atoms with Gasteiger partial charge in [0, 0.05) is 30.6 Å². The van der Waals surface area contributed by atoms with Crippen LogP contribution in [0.15, 0.2) is 28.5 Å². The van der Waals surface area contributed by atoms with E-state index in [2.05, 4.69) is 16.0 Å². The fourth-order valence-electron chi connectivity index (χ4n) is 4.55. The van der Waals surface area contributed by atoms with Gasteiger partial charge in [0.25, 0.3) is 5.91 Å². The largest absolute Gasteiger partial charge is 0.486 e. The predicted octanol–water partition coefficient (Wildman–Crippen LogP) is 2.04. The molecular weight excluding hydrogens is 482 g/mol. The SMILES string of the molecule is C[C@H](O)C(=O)N1CCC(CCn2cnc(=N)c3[nH]c(Sc4cc5c(cc4C#N)OCCO5)nc32)CC1. The quantitative estimate of drug-likeness (QED) is 0.456. The number of hydrogen-bond donors (Lipinski definition) is 3. The summed E-state index contributed by atoms with van der Waals surface area (Å²) in [6.45, 7) is 4.40. The van der Waals surface area contributed by atoms with Crippen LogP contribution in [-0.4, -0.2) is 67.8 Å². The van der Waals surface area contributed by atoms with Crippen molar-refractivity contribution in [2.75, 3.05) is 26.3 Å². The summed E-state index contributed by atoms with van der Waals surface area (Å²) in [7, 11) is 0. The van der Waals surface area contributed by atoms with Crippen LogP contribution in [0.3, 0.4) is 0 Å². The molecule has 2 aliphatic rings. The van der Waals surface area contributed by atoms with Crippen LogP contribution in [0.5, 0.6) is 11.5 Å². The Morgan fingerprint density at radius 3 is 2.75 bits per heavy atom. The number of piperidine rings is 1. The summed E-state index contributed by atoms with van der Waals surface area (Å²) in [5.74, 6) is 1.39. The van der Waals surface area contributed by atoms with Gasteiger partial charge in [-0.3, -0.25) is 10.2 Å². The van der Waals surface area contributed by atoms with Crippen molar-refractivity contribution in [2.24, 2.45) is 5.92 Å². The topological polar surface area (TPSA) is 153 Å². The molecule has 4 heterocycles. The molecular formula is C24H27N7O4S. The minimum Gasteiger partial charge on any atom is -0.486 e. The zero-order chi connectivity index (χ0) is 25.2. The Labute approximate surface area is 211 Å². The first-order valence-electron chi connectivity index (χ1n) is 11.9. The molecule has 5 rings (SSSR count). The third-order valence-corrected chi connectivity index (χ3v) is 7.48. The number of aryl methyl sites for hydroxylation is 1. The number of likely N-dealkylation sites (tertiary alicyclic amines) is 1. The summed E-state index contributed by atoms with van der Waals surface area (Å²) in [4.78, 5) is 26.5. The number of rotatable bonds is 6. The molecule has 1 atom stereocenters. The van der Waals surface area contributed by atoms with Crippen LogP contribution in [-0.2, 0) is 11.3 Å². The lowest BCUT2D eigenvalue weighted by Gasteiger charge is -2.32. The van der Waals surface area contributed by atoms with Gasteiger partial charge in [0.1, 0.15) is 30.9 Å². The second kappa shape index (κ2) is 10.2. The Bertz CT molecular complexity index is 1390. The number of imidazole rings is 1. The molecule has 0 saturated carbocycles. The van der Waals surface area contributed by atoms with Gasteiger partial charge in [-0.1, -0.05) is 11.8 Å². The van der Waals surface area contributed by atoms with Gasteiger partial charge in [0.15, 0.2) is 27.8 Å². The van der Waals surface area contributed by atoms with Crippen LogP contribution in [0, 0.1) is 22.7 Å². The van der Waals surface area contributed by atoms with Crippen molar-refractivity contribution in [1.29, 1.82) is 10.7 Å². The molecule has 3 aromatic rings. The van der Waals surface area contributed by atoms with E-state index in [1.807, 2.05) is 4.57 Å². The number of nitrogens with zero attached hydrogens (tertiary/aromatic N) is 5. The molecule has 1 saturated heterocycles. The van der Waals surface area contributed by atoms with Gasteiger partial charge in [-0.2, -0.15) is 5.26 Å². The molecule has 1 aromatic carbocycles. The van der Waals surface area contributed by atoms with Gasteiger partial charge in [-0.25, -0.2) is 9.97 Å². The number of nitrogens with one attached hydrogen (secondary N) is 2. The Balaban J connectivity index is 1.31. The molecule has 1 amide bonds. The van der Waals surface area contributed by atoms with Gasteiger partial charge in [0.05, 0.1) is 11.9 Å². The Morgan fingerprint density at radius 2 is 2.06 bits per heavy atom. The highest BCUT2D eigenvalue weighted by molar-refractivity contribution is 7.99. The molecule has 2 aromatic heterocycles. The molecule has 0 bridgehead atoms. The van der Waals surface area contributed by atoms with Crippen molar-refractivity contribution in [3.63, 3.8) is 0 Å². The molecule has 0 aliphatic carbocycles. The molecule has 11 nitrogen and oxygen atoms in total. The van der Waals surface area contributed by atoms with Crippen LogP contribution in [0.25, 0.3) is 11.2 Å². The van der Waals surface area contributed by atoms with Crippen molar-refractivity contribution in [3.8, 4) is 17.6 Å². The highest BCUT2D eigenvalue weighted by Crippen LogP contribution is 2.39.